The van der Waals surface area contributed by atoms with E-state index in [1.165, 1.54) is 21.2 Å². The van der Waals surface area contributed by atoms with Crippen LogP contribution in [0.25, 0.3) is 0 Å². The predicted molar refractivity (Wildman–Crippen MR) is 65.0 cm³/mol. The first kappa shape index (κ1) is 10.6. The van der Waals surface area contributed by atoms with Gasteiger partial charge >= 0.3 is 0 Å². The van der Waals surface area contributed by atoms with Gasteiger partial charge in [0.05, 0.1) is 17.3 Å². The molecule has 0 saturated carbocycles. The molecule has 0 atom stereocenters. The Hall–Kier alpha value is -0.930. The van der Waals surface area contributed by atoms with Crippen molar-refractivity contribution in [3.05, 3.63) is 34.4 Å². The van der Waals surface area contributed by atoms with Crippen molar-refractivity contribution in [2.75, 3.05) is 11.9 Å². The number of benzene rings is 1. The maximum atomic E-state index is 9.09. The number of rotatable bonds is 1. The van der Waals surface area contributed by atoms with E-state index in [9.17, 15) is 0 Å². The SMILES string of the molecule is CC(C)=C1Sc2ccc(CO)cc2N1C. The molecule has 1 aromatic rings. The molecule has 15 heavy (non-hydrogen) atoms. The summed E-state index contributed by atoms with van der Waals surface area (Å²) in [5.74, 6) is 0. The van der Waals surface area contributed by atoms with Gasteiger partial charge in [0.2, 0.25) is 0 Å². The second kappa shape index (κ2) is 3.91. The minimum absolute atomic E-state index is 0.107. The van der Waals surface area contributed by atoms with Crippen LogP contribution in [-0.4, -0.2) is 12.2 Å². The molecule has 0 saturated heterocycles. The number of hydrogen-bond acceptors (Lipinski definition) is 3. The van der Waals surface area contributed by atoms with Crippen LogP contribution in [0.15, 0.2) is 33.7 Å². The Morgan fingerprint density at radius 1 is 1.40 bits per heavy atom. The first-order valence-electron chi connectivity index (χ1n) is 4.96. The maximum absolute atomic E-state index is 9.09. The van der Waals surface area contributed by atoms with E-state index in [1.807, 2.05) is 6.07 Å². The van der Waals surface area contributed by atoms with Gasteiger partial charge in [0, 0.05) is 11.9 Å². The average molecular weight is 221 g/mol. The summed E-state index contributed by atoms with van der Waals surface area (Å²) in [6.45, 7) is 4.35. The van der Waals surface area contributed by atoms with Crippen molar-refractivity contribution >= 4 is 17.4 Å². The zero-order valence-corrected chi connectivity index (χ0v) is 10.1. The smallest absolute Gasteiger partial charge is 0.0785 e. The molecule has 0 amide bonds. The van der Waals surface area contributed by atoms with Crippen molar-refractivity contribution < 1.29 is 5.11 Å². The first-order chi connectivity index (χ1) is 7.13. The van der Waals surface area contributed by atoms with Crippen LogP contribution in [0, 0.1) is 0 Å². The third kappa shape index (κ3) is 1.77. The molecule has 0 bridgehead atoms. The Kier molecular flexibility index (Phi) is 2.76. The van der Waals surface area contributed by atoms with Crippen LogP contribution in [-0.2, 0) is 6.61 Å². The summed E-state index contributed by atoms with van der Waals surface area (Å²) in [6, 6.07) is 6.11. The van der Waals surface area contributed by atoms with Crippen molar-refractivity contribution in [2.45, 2.75) is 25.3 Å². The molecule has 1 aromatic carbocycles. The Morgan fingerprint density at radius 2 is 2.13 bits per heavy atom. The van der Waals surface area contributed by atoms with E-state index in [0.717, 1.165) is 5.56 Å². The Labute approximate surface area is 94.6 Å². The molecule has 0 radical (unpaired) electrons. The van der Waals surface area contributed by atoms with Crippen LogP contribution < -0.4 is 4.90 Å². The number of hydrogen-bond donors (Lipinski definition) is 1. The number of aliphatic hydroxyl groups is 1. The fourth-order valence-corrected chi connectivity index (χ4v) is 2.81. The van der Waals surface area contributed by atoms with E-state index in [2.05, 4.69) is 37.9 Å². The molecule has 3 heteroatoms. The number of aliphatic hydroxyl groups excluding tert-OH is 1. The highest BCUT2D eigenvalue weighted by molar-refractivity contribution is 8.03. The zero-order chi connectivity index (χ0) is 11.0. The third-order valence-electron chi connectivity index (χ3n) is 2.51. The normalized spacial score (nSPS) is 14.4. The van der Waals surface area contributed by atoms with E-state index in [1.54, 1.807) is 11.8 Å². The molecule has 0 fully saturated rings. The summed E-state index contributed by atoms with van der Waals surface area (Å²) < 4.78 is 0. The molecular formula is C12H15NOS. The lowest BCUT2D eigenvalue weighted by molar-refractivity contribution is 0.282. The minimum atomic E-state index is 0.107. The molecule has 1 aliphatic rings. The van der Waals surface area contributed by atoms with Crippen molar-refractivity contribution in [3.8, 4) is 0 Å². The van der Waals surface area contributed by atoms with Crippen LogP contribution >= 0.6 is 11.8 Å². The monoisotopic (exact) mass is 221 g/mol. The lowest BCUT2D eigenvalue weighted by atomic mass is 10.2. The maximum Gasteiger partial charge on any atom is 0.0785 e. The lowest BCUT2D eigenvalue weighted by Crippen LogP contribution is -2.10. The molecule has 80 valence electrons. The largest absolute Gasteiger partial charge is 0.392 e. The van der Waals surface area contributed by atoms with Gasteiger partial charge in [-0.1, -0.05) is 17.8 Å². The lowest BCUT2D eigenvalue weighted by Gasteiger charge is -2.15. The van der Waals surface area contributed by atoms with Crippen LogP contribution in [0.3, 0.4) is 0 Å². The number of fused-ring (bicyclic) bond motifs is 1. The molecule has 1 heterocycles. The predicted octanol–water partition coefficient (Wildman–Crippen LogP) is 2.97. The molecule has 0 aromatic heterocycles. The molecular weight excluding hydrogens is 206 g/mol. The quantitative estimate of drug-likeness (QED) is 0.788. The van der Waals surface area contributed by atoms with Gasteiger partial charge in [0.1, 0.15) is 0 Å². The van der Waals surface area contributed by atoms with Crippen LogP contribution in [0.2, 0.25) is 0 Å². The van der Waals surface area contributed by atoms with Gasteiger partial charge in [0.25, 0.3) is 0 Å². The molecule has 0 spiro atoms. The molecule has 1 aliphatic heterocycles. The highest BCUT2D eigenvalue weighted by Crippen LogP contribution is 2.46. The van der Waals surface area contributed by atoms with Crippen molar-refractivity contribution in [3.63, 3.8) is 0 Å². The molecule has 2 rings (SSSR count). The van der Waals surface area contributed by atoms with E-state index < -0.39 is 0 Å². The van der Waals surface area contributed by atoms with Gasteiger partial charge in [-0.2, -0.15) is 0 Å². The fourth-order valence-electron chi connectivity index (χ4n) is 1.73. The van der Waals surface area contributed by atoms with Gasteiger partial charge < -0.3 is 10.0 Å². The van der Waals surface area contributed by atoms with Gasteiger partial charge in [-0.05, 0) is 37.1 Å². The van der Waals surface area contributed by atoms with Crippen molar-refractivity contribution in [2.24, 2.45) is 0 Å². The second-order valence-corrected chi connectivity index (χ2v) is 4.96. The molecule has 1 N–H and O–H groups in total. The standard InChI is InChI=1S/C12H15NOS/c1-8(2)12-13(3)10-6-9(7-14)4-5-11(10)15-12/h4-6,14H,7H2,1-3H3. The first-order valence-corrected chi connectivity index (χ1v) is 5.78. The van der Waals surface area contributed by atoms with Crippen LogP contribution in [0.4, 0.5) is 5.69 Å². The Morgan fingerprint density at radius 3 is 2.73 bits per heavy atom. The number of thioether (sulfide) groups is 1. The number of anilines is 1. The summed E-state index contributed by atoms with van der Waals surface area (Å²) in [4.78, 5) is 3.46. The molecule has 0 unspecified atom stereocenters. The van der Waals surface area contributed by atoms with Crippen LogP contribution in [0.5, 0.6) is 0 Å². The van der Waals surface area contributed by atoms with E-state index in [0.29, 0.717) is 0 Å². The average Bonchev–Trinajstić information content (AvgIpc) is 2.56. The summed E-state index contributed by atoms with van der Waals surface area (Å²) in [5, 5.41) is 10.4. The zero-order valence-electron chi connectivity index (χ0n) is 9.24. The number of allylic oxidation sites excluding steroid dienone is 1. The topological polar surface area (TPSA) is 23.5 Å². The van der Waals surface area contributed by atoms with E-state index in [4.69, 9.17) is 5.11 Å². The Balaban J connectivity index is 2.46. The minimum Gasteiger partial charge on any atom is -0.392 e. The molecule has 0 aliphatic carbocycles. The van der Waals surface area contributed by atoms with Crippen molar-refractivity contribution in [1.29, 1.82) is 0 Å². The third-order valence-corrected chi connectivity index (χ3v) is 3.95. The van der Waals surface area contributed by atoms with Crippen LogP contribution in [0.1, 0.15) is 19.4 Å². The van der Waals surface area contributed by atoms with E-state index >= 15 is 0 Å². The van der Waals surface area contributed by atoms with Gasteiger partial charge in [-0.3, -0.25) is 0 Å². The van der Waals surface area contributed by atoms with E-state index in [-0.39, 0.29) is 6.61 Å². The highest BCUT2D eigenvalue weighted by Gasteiger charge is 2.22. The molecule has 2 nitrogen and oxygen atoms in total. The highest BCUT2D eigenvalue weighted by atomic mass is 32.2. The Bertz CT molecular complexity index is 422. The van der Waals surface area contributed by atoms with Gasteiger partial charge in [-0.15, -0.1) is 0 Å². The van der Waals surface area contributed by atoms with Gasteiger partial charge in [0.15, 0.2) is 0 Å². The van der Waals surface area contributed by atoms with Gasteiger partial charge in [-0.25, -0.2) is 0 Å². The summed E-state index contributed by atoms with van der Waals surface area (Å²) in [6.07, 6.45) is 0. The fraction of sp³-hybridized carbons (Fsp3) is 0.333. The second-order valence-electron chi connectivity index (χ2n) is 3.93. The summed E-state index contributed by atoms with van der Waals surface area (Å²) in [5.41, 5.74) is 3.49. The summed E-state index contributed by atoms with van der Waals surface area (Å²) in [7, 11) is 2.07. The van der Waals surface area contributed by atoms with Crippen molar-refractivity contribution in [1.82, 2.24) is 0 Å². The summed E-state index contributed by atoms with van der Waals surface area (Å²) >= 11 is 1.80. The number of nitrogens with zero attached hydrogens (tertiary/aromatic N) is 1.